The van der Waals surface area contributed by atoms with Crippen LogP contribution in [0.3, 0.4) is 0 Å². The highest BCUT2D eigenvalue weighted by Crippen LogP contribution is 2.40. The number of nitrogens with two attached hydrogens (primary N) is 1. The fourth-order valence-electron chi connectivity index (χ4n) is 3.37. The fourth-order valence-corrected chi connectivity index (χ4v) is 4.70. The van der Waals surface area contributed by atoms with E-state index in [1.165, 1.54) is 18.7 Å². The molecule has 1 fully saturated rings. The Morgan fingerprint density at radius 3 is 2.48 bits per heavy atom. The molecule has 0 unspecified atom stereocenters. The zero-order valence-electron chi connectivity index (χ0n) is 17.9. The molecule has 0 saturated carbocycles. The van der Waals surface area contributed by atoms with Gasteiger partial charge in [0.1, 0.15) is 29.8 Å². The number of aliphatic carboxylic acids is 2. The molecule has 182 valence electrons. The average molecular weight is 487 g/mol. The second-order valence-corrected chi connectivity index (χ2v) is 8.51. The molecule has 2 aliphatic heterocycles. The Kier molecular flexibility index (Phi) is 9.22. The van der Waals surface area contributed by atoms with E-state index in [1.54, 1.807) is 0 Å². The number of ether oxygens (including phenoxy) is 1. The Morgan fingerprint density at radius 1 is 1.21 bits per heavy atom. The molecule has 14 heteroatoms. The van der Waals surface area contributed by atoms with Crippen LogP contribution in [0.2, 0.25) is 0 Å². The number of nitrogens with one attached hydrogen (secondary N) is 2. The van der Waals surface area contributed by atoms with Crippen molar-refractivity contribution >= 4 is 47.4 Å². The number of carboxylic acid groups (broad SMARTS) is 2. The van der Waals surface area contributed by atoms with Crippen molar-refractivity contribution in [2.75, 3.05) is 18.9 Å². The van der Waals surface area contributed by atoms with E-state index in [0.29, 0.717) is 18.4 Å². The summed E-state index contributed by atoms with van der Waals surface area (Å²) in [5, 5.41) is 22.9. The molecule has 0 spiro atoms. The van der Waals surface area contributed by atoms with Gasteiger partial charge in [-0.25, -0.2) is 9.59 Å². The molecule has 1 saturated heterocycles. The Morgan fingerprint density at radius 2 is 1.91 bits per heavy atom. The third-order valence-electron chi connectivity index (χ3n) is 4.98. The Labute approximate surface area is 193 Å². The number of rotatable bonds is 12. The molecule has 13 nitrogen and oxygen atoms in total. The van der Waals surface area contributed by atoms with Crippen molar-refractivity contribution < 1.29 is 43.7 Å². The number of fused-ring (bicyclic) bond motifs is 1. The molecule has 33 heavy (non-hydrogen) atoms. The smallest absolute Gasteiger partial charge is 0.352 e. The Hall–Kier alpha value is -3.13. The third-order valence-corrected chi connectivity index (χ3v) is 6.32. The summed E-state index contributed by atoms with van der Waals surface area (Å²) in [6.07, 6.45) is 0.797. The van der Waals surface area contributed by atoms with E-state index >= 15 is 0 Å². The van der Waals surface area contributed by atoms with Gasteiger partial charge in [0, 0.05) is 24.7 Å². The molecule has 0 aromatic rings. The van der Waals surface area contributed by atoms with Gasteiger partial charge < -0.3 is 31.3 Å². The summed E-state index contributed by atoms with van der Waals surface area (Å²) < 4.78 is 4.86. The highest BCUT2D eigenvalue weighted by Gasteiger charge is 2.54. The van der Waals surface area contributed by atoms with E-state index in [9.17, 15) is 33.9 Å². The molecule has 2 rings (SSSR count). The van der Waals surface area contributed by atoms with Gasteiger partial charge >= 0.3 is 17.9 Å². The molecule has 0 bridgehead atoms. The maximum Gasteiger partial charge on any atom is 0.352 e. The highest BCUT2D eigenvalue weighted by atomic mass is 32.2. The summed E-state index contributed by atoms with van der Waals surface area (Å²) in [7, 11) is 0. The molecule has 0 aromatic carbocycles. The van der Waals surface area contributed by atoms with Gasteiger partial charge in [-0.2, -0.15) is 0 Å². The molecule has 0 radical (unpaired) electrons. The maximum absolute atomic E-state index is 12.5. The lowest BCUT2D eigenvalue weighted by Gasteiger charge is -2.49. The van der Waals surface area contributed by atoms with E-state index in [0.717, 1.165) is 4.90 Å². The van der Waals surface area contributed by atoms with Crippen LogP contribution in [0.5, 0.6) is 0 Å². The monoisotopic (exact) mass is 486 g/mol. The quantitative estimate of drug-likeness (QED) is 0.120. The minimum Gasteiger partial charge on any atom is -0.480 e. The lowest BCUT2D eigenvalue weighted by molar-refractivity contribution is -0.151. The van der Waals surface area contributed by atoms with Crippen molar-refractivity contribution in [3.63, 3.8) is 0 Å². The van der Waals surface area contributed by atoms with Gasteiger partial charge in [-0.05, 0) is 12.8 Å². The van der Waals surface area contributed by atoms with Gasteiger partial charge in [-0.1, -0.05) is 6.42 Å². The number of unbranched alkanes of at least 4 members (excludes halogenated alkanes) is 1. The fraction of sp³-hybridized carbons (Fsp3) is 0.579. The second-order valence-electron chi connectivity index (χ2n) is 7.40. The lowest BCUT2D eigenvalue weighted by atomic mass is 10.0. The molecule has 3 amide bonds. The largest absolute Gasteiger partial charge is 0.480 e. The summed E-state index contributed by atoms with van der Waals surface area (Å²) in [5.74, 6) is -4.48. The summed E-state index contributed by atoms with van der Waals surface area (Å²) in [6.45, 7) is 0.626. The summed E-state index contributed by atoms with van der Waals surface area (Å²) in [6, 6.07) is -1.99. The number of carbonyl (C=O) groups is 6. The van der Waals surface area contributed by atoms with E-state index in [-0.39, 0.29) is 37.4 Å². The maximum atomic E-state index is 12.5. The first kappa shape index (κ1) is 26.1. The minimum atomic E-state index is -1.32. The minimum absolute atomic E-state index is 0.0255. The average Bonchev–Trinajstić information content (AvgIpc) is 2.76. The Bertz CT molecular complexity index is 875. The lowest BCUT2D eigenvalue weighted by Crippen LogP contribution is -2.70. The number of carbonyl (C=O) groups excluding carboxylic acids is 4. The van der Waals surface area contributed by atoms with Gasteiger partial charge in [0.15, 0.2) is 0 Å². The van der Waals surface area contributed by atoms with Gasteiger partial charge in [0.2, 0.25) is 11.8 Å². The van der Waals surface area contributed by atoms with Crippen molar-refractivity contribution in [3.8, 4) is 0 Å². The third kappa shape index (κ3) is 6.68. The van der Waals surface area contributed by atoms with Crippen LogP contribution in [0.15, 0.2) is 11.3 Å². The van der Waals surface area contributed by atoms with Crippen LogP contribution in [-0.2, 0) is 33.5 Å². The first-order valence-electron chi connectivity index (χ1n) is 10.1. The van der Waals surface area contributed by atoms with Gasteiger partial charge in [0.25, 0.3) is 5.91 Å². The van der Waals surface area contributed by atoms with E-state index < -0.39 is 53.1 Å². The van der Waals surface area contributed by atoms with E-state index in [1.807, 2.05) is 0 Å². The number of esters is 1. The molecule has 2 aliphatic rings. The Balaban J connectivity index is 1.86. The molecule has 6 N–H and O–H groups in total. The molecule has 0 aliphatic carbocycles. The van der Waals surface area contributed by atoms with Crippen molar-refractivity contribution in [1.82, 2.24) is 15.5 Å². The number of β-lactam (4-membered cyclic amide) rings is 1. The molecular weight excluding hydrogens is 460 g/mol. The summed E-state index contributed by atoms with van der Waals surface area (Å²) >= 11 is 1.25. The SMILES string of the molecule is CC(=O)OCC1=C(C(=O)O)N2C(=O)[C@@H](NC(=O)CCCC[C@H](NC(=O)CN)C(=O)O)[C@H]2SC1. The molecule has 2 heterocycles. The number of hydrogen-bond donors (Lipinski definition) is 5. The predicted octanol–water partition coefficient (Wildman–Crippen LogP) is -1.62. The topological polar surface area (TPSA) is 205 Å². The van der Waals surface area contributed by atoms with Crippen molar-refractivity contribution in [2.45, 2.75) is 50.1 Å². The zero-order chi connectivity index (χ0) is 24.7. The zero-order valence-corrected chi connectivity index (χ0v) is 18.7. The van der Waals surface area contributed by atoms with Gasteiger partial charge in [0.05, 0.1) is 6.54 Å². The molecule has 0 aromatic heterocycles. The van der Waals surface area contributed by atoms with Crippen LogP contribution in [0.25, 0.3) is 0 Å². The first-order chi connectivity index (χ1) is 15.6. The van der Waals surface area contributed by atoms with E-state index in [4.69, 9.17) is 15.6 Å². The molecule has 3 atom stereocenters. The van der Waals surface area contributed by atoms with Crippen LogP contribution < -0.4 is 16.4 Å². The van der Waals surface area contributed by atoms with Crippen molar-refractivity contribution in [2.24, 2.45) is 5.73 Å². The second kappa shape index (κ2) is 11.7. The van der Waals surface area contributed by atoms with Gasteiger partial charge in [-0.15, -0.1) is 11.8 Å². The normalized spacial score (nSPS) is 20.3. The van der Waals surface area contributed by atoms with Crippen LogP contribution in [0.4, 0.5) is 0 Å². The number of nitrogens with zero attached hydrogens (tertiary/aromatic N) is 1. The number of hydrogen-bond acceptors (Lipinski definition) is 9. The standard InChI is InChI=1S/C19H26N4O9S/c1-9(24)32-7-10-8-33-17-14(16(27)23(17)15(10)19(30)31)22-12(25)5-3-2-4-11(18(28)29)21-13(26)6-20/h11,14,17H,2-8,20H2,1H3,(H,21,26)(H,22,25)(H,28,29)(H,30,31)/t11-,14+,17+/m0/s1. The van der Waals surface area contributed by atoms with Crippen LogP contribution >= 0.6 is 11.8 Å². The van der Waals surface area contributed by atoms with Crippen molar-refractivity contribution in [1.29, 1.82) is 0 Å². The highest BCUT2D eigenvalue weighted by molar-refractivity contribution is 8.00. The van der Waals surface area contributed by atoms with Crippen LogP contribution in [-0.4, -0.2) is 87.1 Å². The van der Waals surface area contributed by atoms with Crippen LogP contribution in [0, 0.1) is 0 Å². The summed E-state index contributed by atoms with van der Waals surface area (Å²) in [5.41, 5.74) is 5.21. The predicted molar refractivity (Wildman–Crippen MR) is 113 cm³/mol. The molecular formula is C19H26N4O9S. The number of amides is 3. The summed E-state index contributed by atoms with van der Waals surface area (Å²) in [4.78, 5) is 71.0. The van der Waals surface area contributed by atoms with E-state index in [2.05, 4.69) is 10.6 Å². The number of thioether (sulfide) groups is 1. The number of carboxylic acids is 2. The first-order valence-corrected chi connectivity index (χ1v) is 11.2. The van der Waals surface area contributed by atoms with Crippen molar-refractivity contribution in [3.05, 3.63) is 11.3 Å². The van der Waals surface area contributed by atoms with Gasteiger partial charge in [-0.3, -0.25) is 24.1 Å². The van der Waals surface area contributed by atoms with Crippen LogP contribution in [0.1, 0.15) is 32.6 Å².